The molecule has 2 fully saturated rings. The maximum absolute atomic E-state index is 12.1. The summed E-state index contributed by atoms with van der Waals surface area (Å²) in [7, 11) is 0. The summed E-state index contributed by atoms with van der Waals surface area (Å²) in [5.41, 5.74) is 4.32. The van der Waals surface area contributed by atoms with Crippen molar-refractivity contribution in [3.8, 4) is 0 Å². The fourth-order valence-electron chi connectivity index (χ4n) is 9.24. The average molecular weight is 525 g/mol. The first kappa shape index (κ1) is 29.2. The number of hydrogen-bond acceptors (Lipinski definition) is 4. The molecule has 2 saturated carbocycles. The summed E-state index contributed by atoms with van der Waals surface area (Å²) >= 11 is 0. The van der Waals surface area contributed by atoms with Gasteiger partial charge in [0.05, 0.1) is 6.61 Å². The van der Waals surface area contributed by atoms with Gasteiger partial charge in [-0.2, -0.15) is 0 Å². The summed E-state index contributed by atoms with van der Waals surface area (Å²) in [6.07, 6.45) is 16.0. The Hall–Kier alpha value is -1.84. The zero-order valence-electron chi connectivity index (χ0n) is 25.5. The molecule has 0 bridgehead atoms. The molecule has 4 nitrogen and oxygen atoms in total. The second kappa shape index (κ2) is 10.3. The highest BCUT2D eigenvalue weighted by atomic mass is 16.5. The number of carbonyl (C=O) groups excluding carboxylic acids is 2. The third-order valence-electron chi connectivity index (χ3n) is 11.5. The lowest BCUT2D eigenvalue weighted by atomic mass is 9.44. The van der Waals surface area contributed by atoms with Gasteiger partial charge in [0.2, 0.25) is 0 Å². The molecule has 0 aromatic rings. The maximum atomic E-state index is 12.1. The van der Waals surface area contributed by atoms with E-state index in [1.165, 1.54) is 30.1 Å². The number of rotatable bonds is 7. The highest BCUT2D eigenvalue weighted by molar-refractivity contribution is 5.66. The minimum Gasteiger partial charge on any atom is -0.465 e. The first-order valence-electron chi connectivity index (χ1n) is 15.1. The summed E-state index contributed by atoms with van der Waals surface area (Å²) < 4.78 is 11.7. The second-order valence-corrected chi connectivity index (χ2v) is 14.4. The first-order valence-corrected chi connectivity index (χ1v) is 15.1. The lowest BCUT2D eigenvalue weighted by Crippen LogP contribution is -2.56. The predicted octanol–water partition coefficient (Wildman–Crippen LogP) is 8.37. The number of fused-ring (bicyclic) bond motifs is 5. The van der Waals surface area contributed by atoms with Crippen LogP contribution >= 0.6 is 0 Å². The Morgan fingerprint density at radius 3 is 2.34 bits per heavy atom. The highest BCUT2D eigenvalue weighted by Gasteiger charge is 2.65. The van der Waals surface area contributed by atoms with E-state index in [9.17, 15) is 9.59 Å². The van der Waals surface area contributed by atoms with Gasteiger partial charge in [0, 0.05) is 30.1 Å². The summed E-state index contributed by atoms with van der Waals surface area (Å²) in [6, 6.07) is 0. The fraction of sp³-hybridized carbons (Fsp3) is 0.765. The van der Waals surface area contributed by atoms with Gasteiger partial charge in [-0.3, -0.25) is 9.59 Å². The molecular formula is C34H52O4. The monoisotopic (exact) mass is 524 g/mol. The molecule has 4 aliphatic carbocycles. The van der Waals surface area contributed by atoms with Gasteiger partial charge in [0.25, 0.3) is 0 Å². The predicted molar refractivity (Wildman–Crippen MR) is 153 cm³/mol. The normalized spacial score (nSPS) is 37.9. The first-order chi connectivity index (χ1) is 17.7. The van der Waals surface area contributed by atoms with Crippen LogP contribution < -0.4 is 0 Å². The molecule has 0 saturated heterocycles. The van der Waals surface area contributed by atoms with Crippen LogP contribution in [0.2, 0.25) is 0 Å². The molecule has 38 heavy (non-hydrogen) atoms. The number of hydrogen-bond donors (Lipinski definition) is 0. The molecule has 0 heterocycles. The molecule has 0 amide bonds. The van der Waals surface area contributed by atoms with Gasteiger partial charge in [-0.05, 0) is 92.6 Å². The molecule has 0 aliphatic heterocycles. The van der Waals surface area contributed by atoms with Crippen LogP contribution in [0.5, 0.6) is 0 Å². The fourth-order valence-corrected chi connectivity index (χ4v) is 9.24. The smallest absolute Gasteiger partial charge is 0.302 e. The van der Waals surface area contributed by atoms with Crippen LogP contribution in [0.4, 0.5) is 0 Å². The van der Waals surface area contributed by atoms with E-state index in [4.69, 9.17) is 9.47 Å². The summed E-state index contributed by atoms with van der Waals surface area (Å²) in [6.45, 7) is 20.0. The van der Waals surface area contributed by atoms with Crippen LogP contribution in [0, 0.1) is 39.4 Å². The van der Waals surface area contributed by atoms with Crippen molar-refractivity contribution < 1.29 is 19.1 Å². The molecule has 4 heteroatoms. The number of allylic oxidation sites excluding steroid dienone is 6. The van der Waals surface area contributed by atoms with Crippen molar-refractivity contribution in [2.75, 3.05) is 6.61 Å². The Morgan fingerprint density at radius 2 is 1.71 bits per heavy atom. The van der Waals surface area contributed by atoms with Gasteiger partial charge >= 0.3 is 11.9 Å². The SMILES string of the molecule is CC(=O)OCC12CC=C3C(=CCC4C3(C)CCC(OC(C)=O)C4(C)C)C1(C)CCC2/C(C)=C/CCC(C)C. The highest BCUT2D eigenvalue weighted by Crippen LogP contribution is 2.72. The second-order valence-electron chi connectivity index (χ2n) is 14.4. The summed E-state index contributed by atoms with van der Waals surface area (Å²) in [5.74, 6) is 1.18. The number of ether oxygens (including phenoxy) is 2. The average Bonchev–Trinajstić information content (AvgIpc) is 3.12. The van der Waals surface area contributed by atoms with E-state index in [1.54, 1.807) is 6.92 Å². The van der Waals surface area contributed by atoms with Crippen molar-refractivity contribution in [1.29, 1.82) is 0 Å². The molecule has 0 aromatic heterocycles. The van der Waals surface area contributed by atoms with Crippen LogP contribution in [0.3, 0.4) is 0 Å². The van der Waals surface area contributed by atoms with Crippen molar-refractivity contribution in [1.82, 2.24) is 0 Å². The molecule has 4 rings (SSSR count). The molecule has 0 radical (unpaired) electrons. The van der Waals surface area contributed by atoms with Gasteiger partial charge in [0.15, 0.2) is 0 Å². The van der Waals surface area contributed by atoms with Gasteiger partial charge in [0.1, 0.15) is 6.10 Å². The number of carbonyl (C=O) groups is 2. The Morgan fingerprint density at radius 1 is 1.00 bits per heavy atom. The van der Waals surface area contributed by atoms with Gasteiger partial charge in [-0.15, -0.1) is 0 Å². The van der Waals surface area contributed by atoms with E-state index in [1.807, 2.05) is 0 Å². The van der Waals surface area contributed by atoms with Gasteiger partial charge in [-0.25, -0.2) is 0 Å². The van der Waals surface area contributed by atoms with E-state index in [0.717, 1.165) is 44.9 Å². The third kappa shape index (κ3) is 4.62. The van der Waals surface area contributed by atoms with Gasteiger partial charge < -0.3 is 9.47 Å². The molecule has 0 spiro atoms. The van der Waals surface area contributed by atoms with E-state index in [2.05, 4.69) is 66.7 Å². The van der Waals surface area contributed by atoms with Crippen molar-refractivity contribution in [3.05, 3.63) is 34.9 Å². The number of esters is 2. The lowest BCUT2D eigenvalue weighted by molar-refractivity contribution is -0.165. The van der Waals surface area contributed by atoms with Crippen molar-refractivity contribution in [2.45, 2.75) is 120 Å². The minimum atomic E-state index is -0.182. The van der Waals surface area contributed by atoms with E-state index in [0.29, 0.717) is 24.4 Å². The Labute approximate surface area is 231 Å². The Balaban J connectivity index is 1.74. The molecule has 6 atom stereocenters. The maximum Gasteiger partial charge on any atom is 0.302 e. The van der Waals surface area contributed by atoms with E-state index >= 15 is 0 Å². The topological polar surface area (TPSA) is 52.6 Å². The van der Waals surface area contributed by atoms with E-state index in [-0.39, 0.29) is 39.7 Å². The summed E-state index contributed by atoms with van der Waals surface area (Å²) in [5, 5.41) is 0. The molecule has 4 aliphatic rings. The minimum absolute atomic E-state index is 0.0325. The van der Waals surface area contributed by atoms with Crippen LogP contribution in [0.15, 0.2) is 34.9 Å². The zero-order chi connectivity index (χ0) is 28.1. The van der Waals surface area contributed by atoms with Crippen LogP contribution in [0.1, 0.15) is 114 Å². The van der Waals surface area contributed by atoms with Crippen LogP contribution in [-0.2, 0) is 19.1 Å². The molecular weight excluding hydrogens is 472 g/mol. The van der Waals surface area contributed by atoms with Crippen LogP contribution in [0.25, 0.3) is 0 Å². The van der Waals surface area contributed by atoms with Gasteiger partial charge in [-0.1, -0.05) is 65.3 Å². The van der Waals surface area contributed by atoms with Crippen LogP contribution in [-0.4, -0.2) is 24.6 Å². The van der Waals surface area contributed by atoms with Crippen molar-refractivity contribution in [3.63, 3.8) is 0 Å². The van der Waals surface area contributed by atoms with Crippen molar-refractivity contribution in [2.24, 2.45) is 39.4 Å². The Bertz CT molecular complexity index is 1040. The summed E-state index contributed by atoms with van der Waals surface area (Å²) in [4.78, 5) is 24.0. The largest absolute Gasteiger partial charge is 0.465 e. The quantitative estimate of drug-likeness (QED) is 0.248. The van der Waals surface area contributed by atoms with Crippen molar-refractivity contribution >= 4 is 11.9 Å². The third-order valence-corrected chi connectivity index (χ3v) is 11.5. The zero-order valence-corrected chi connectivity index (χ0v) is 25.5. The van der Waals surface area contributed by atoms with E-state index < -0.39 is 0 Å². The lowest BCUT2D eigenvalue weighted by Gasteiger charge is -2.61. The molecule has 6 unspecified atom stereocenters. The molecule has 0 N–H and O–H groups in total. The standard InChI is InChI=1S/C34H52O4/c1-22(2)11-10-12-23(3)26-15-19-33(9)28-13-14-29-31(6,7)30(38-25(5)36)17-18-32(29,8)27(28)16-20-34(26,33)21-37-24(4)35/h12-13,16,22,26,29-30H,10-11,14-15,17-21H2,1-9H3/b23-12+. The molecule has 212 valence electrons. The molecule has 0 aromatic carbocycles. The Kier molecular flexibility index (Phi) is 7.89.